The average Bonchev–Trinajstić information content (AvgIpc) is 3.27. The van der Waals surface area contributed by atoms with Crippen LogP contribution in [0.4, 0.5) is 11.4 Å². The van der Waals surface area contributed by atoms with E-state index in [1.165, 1.54) is 0 Å². The van der Waals surface area contributed by atoms with Gasteiger partial charge in [-0.25, -0.2) is 0 Å². The fourth-order valence-corrected chi connectivity index (χ4v) is 3.64. The van der Waals surface area contributed by atoms with Gasteiger partial charge in [0.05, 0.1) is 25.0 Å². The zero-order chi connectivity index (χ0) is 20.1. The summed E-state index contributed by atoms with van der Waals surface area (Å²) in [6.07, 6.45) is 1.63. The number of carbonyl (C=O) groups is 1. The summed E-state index contributed by atoms with van der Waals surface area (Å²) in [6.45, 7) is 3.84. The number of para-hydroxylation sites is 3. The van der Waals surface area contributed by atoms with Crippen LogP contribution in [0.15, 0.2) is 77.4 Å². The Labute approximate surface area is 170 Å². The van der Waals surface area contributed by atoms with Crippen molar-refractivity contribution in [1.82, 2.24) is 4.90 Å². The maximum Gasteiger partial charge on any atom is 0.241 e. The van der Waals surface area contributed by atoms with Crippen molar-refractivity contribution in [2.75, 3.05) is 42.5 Å². The number of anilines is 2. The van der Waals surface area contributed by atoms with Gasteiger partial charge in [-0.1, -0.05) is 30.3 Å². The molecule has 6 heteroatoms. The van der Waals surface area contributed by atoms with E-state index in [0.29, 0.717) is 18.8 Å². The van der Waals surface area contributed by atoms with E-state index in [-0.39, 0.29) is 5.91 Å². The van der Waals surface area contributed by atoms with E-state index in [1.807, 2.05) is 60.7 Å². The molecule has 1 saturated heterocycles. The molecule has 1 aromatic heterocycles. The first-order valence-electron chi connectivity index (χ1n) is 9.84. The number of phenols is 1. The van der Waals surface area contributed by atoms with Gasteiger partial charge in [0, 0.05) is 31.9 Å². The molecule has 4 rings (SSSR count). The summed E-state index contributed by atoms with van der Waals surface area (Å²) in [5.41, 5.74) is 1.71. The average molecular weight is 391 g/mol. The molecule has 0 bridgehead atoms. The summed E-state index contributed by atoms with van der Waals surface area (Å²) >= 11 is 0. The van der Waals surface area contributed by atoms with Gasteiger partial charge in [0.15, 0.2) is 0 Å². The molecular formula is C23H25N3O3. The standard InChI is InChI=1S/C23H25N3O3/c27-22-11-5-4-10-21(22)25-14-12-24(13-15-25)18-23(28)26(17-20-9-6-16-29-20)19-7-2-1-3-8-19/h1-11,16,27H,12-15,17-18H2. The Morgan fingerprint density at radius 2 is 1.66 bits per heavy atom. The van der Waals surface area contributed by atoms with Crippen LogP contribution < -0.4 is 9.80 Å². The van der Waals surface area contributed by atoms with Crippen molar-refractivity contribution >= 4 is 17.3 Å². The lowest BCUT2D eigenvalue weighted by Crippen LogP contribution is -2.50. The molecule has 1 aliphatic rings. The van der Waals surface area contributed by atoms with Crippen molar-refractivity contribution in [3.05, 3.63) is 78.8 Å². The van der Waals surface area contributed by atoms with E-state index < -0.39 is 0 Å². The second-order valence-electron chi connectivity index (χ2n) is 7.15. The van der Waals surface area contributed by atoms with Crippen molar-refractivity contribution in [3.63, 3.8) is 0 Å². The van der Waals surface area contributed by atoms with Crippen molar-refractivity contribution in [2.45, 2.75) is 6.54 Å². The molecule has 1 N–H and O–H groups in total. The van der Waals surface area contributed by atoms with Crippen LogP contribution in [-0.4, -0.2) is 48.6 Å². The first kappa shape index (κ1) is 19.1. The molecule has 2 aromatic carbocycles. The van der Waals surface area contributed by atoms with E-state index in [2.05, 4.69) is 9.80 Å². The molecule has 0 spiro atoms. The molecule has 0 radical (unpaired) electrons. The predicted molar refractivity (Wildman–Crippen MR) is 113 cm³/mol. The molecule has 1 aliphatic heterocycles. The van der Waals surface area contributed by atoms with Crippen molar-refractivity contribution in [2.24, 2.45) is 0 Å². The monoisotopic (exact) mass is 391 g/mol. The minimum atomic E-state index is 0.0450. The smallest absolute Gasteiger partial charge is 0.241 e. The Bertz CT molecular complexity index is 920. The van der Waals surface area contributed by atoms with Gasteiger partial charge >= 0.3 is 0 Å². The zero-order valence-electron chi connectivity index (χ0n) is 16.3. The normalized spacial score (nSPS) is 14.7. The highest BCUT2D eigenvalue weighted by atomic mass is 16.3. The number of carbonyl (C=O) groups excluding carboxylic acids is 1. The maximum absolute atomic E-state index is 13.1. The first-order valence-corrected chi connectivity index (χ1v) is 9.84. The summed E-state index contributed by atoms with van der Waals surface area (Å²) in [4.78, 5) is 19.2. The van der Waals surface area contributed by atoms with Crippen LogP contribution in [-0.2, 0) is 11.3 Å². The highest BCUT2D eigenvalue weighted by Crippen LogP contribution is 2.27. The fourth-order valence-electron chi connectivity index (χ4n) is 3.64. The molecule has 6 nitrogen and oxygen atoms in total. The summed E-state index contributed by atoms with van der Waals surface area (Å²) in [5, 5.41) is 10.1. The topological polar surface area (TPSA) is 60.2 Å². The van der Waals surface area contributed by atoms with Crippen LogP contribution in [0.2, 0.25) is 0 Å². The predicted octanol–water partition coefficient (Wildman–Crippen LogP) is 3.34. The summed E-state index contributed by atoms with van der Waals surface area (Å²) in [6, 6.07) is 20.8. The lowest BCUT2D eigenvalue weighted by Gasteiger charge is -2.36. The quantitative estimate of drug-likeness (QED) is 0.698. The van der Waals surface area contributed by atoms with Crippen molar-refractivity contribution < 1.29 is 14.3 Å². The highest BCUT2D eigenvalue weighted by molar-refractivity contribution is 5.94. The van der Waals surface area contributed by atoms with Gasteiger partial charge in [0.1, 0.15) is 11.5 Å². The molecule has 2 heterocycles. The van der Waals surface area contributed by atoms with Crippen LogP contribution >= 0.6 is 0 Å². The molecule has 1 fully saturated rings. The highest BCUT2D eigenvalue weighted by Gasteiger charge is 2.24. The number of amides is 1. The molecule has 29 heavy (non-hydrogen) atoms. The molecule has 0 atom stereocenters. The third kappa shape index (κ3) is 4.60. The number of aromatic hydroxyl groups is 1. The number of phenolic OH excluding ortho intramolecular Hbond substituents is 1. The van der Waals surface area contributed by atoms with Gasteiger partial charge in [-0.2, -0.15) is 0 Å². The second kappa shape index (κ2) is 8.84. The second-order valence-corrected chi connectivity index (χ2v) is 7.15. The molecule has 0 aliphatic carbocycles. The zero-order valence-corrected chi connectivity index (χ0v) is 16.3. The van der Waals surface area contributed by atoms with Crippen molar-refractivity contribution in [3.8, 4) is 5.75 Å². The molecular weight excluding hydrogens is 366 g/mol. The number of hydrogen-bond acceptors (Lipinski definition) is 5. The number of benzene rings is 2. The minimum absolute atomic E-state index is 0.0450. The van der Waals surface area contributed by atoms with Gasteiger partial charge in [0.25, 0.3) is 0 Å². The van der Waals surface area contributed by atoms with Crippen LogP contribution in [0.1, 0.15) is 5.76 Å². The summed E-state index contributed by atoms with van der Waals surface area (Å²) < 4.78 is 5.46. The minimum Gasteiger partial charge on any atom is -0.506 e. The van der Waals surface area contributed by atoms with E-state index in [1.54, 1.807) is 17.2 Å². The van der Waals surface area contributed by atoms with Gasteiger partial charge < -0.3 is 19.3 Å². The molecule has 3 aromatic rings. The Hall–Kier alpha value is -3.25. The lowest BCUT2D eigenvalue weighted by atomic mass is 10.2. The molecule has 1 amide bonds. The maximum atomic E-state index is 13.1. The Kier molecular flexibility index (Phi) is 5.81. The van der Waals surface area contributed by atoms with E-state index in [9.17, 15) is 9.90 Å². The van der Waals surface area contributed by atoms with E-state index in [4.69, 9.17) is 4.42 Å². The summed E-state index contributed by atoms with van der Waals surface area (Å²) in [7, 11) is 0. The van der Waals surface area contributed by atoms with E-state index >= 15 is 0 Å². The largest absolute Gasteiger partial charge is 0.506 e. The third-order valence-corrected chi connectivity index (χ3v) is 5.22. The fraction of sp³-hybridized carbons (Fsp3) is 0.261. The third-order valence-electron chi connectivity index (χ3n) is 5.22. The Morgan fingerprint density at radius 3 is 2.34 bits per heavy atom. The van der Waals surface area contributed by atoms with Crippen LogP contribution in [0, 0.1) is 0 Å². The number of piperazine rings is 1. The lowest BCUT2D eigenvalue weighted by molar-refractivity contribution is -0.120. The molecule has 150 valence electrons. The molecule has 0 unspecified atom stereocenters. The number of furan rings is 1. The number of rotatable bonds is 6. The van der Waals surface area contributed by atoms with Gasteiger partial charge in [-0.3, -0.25) is 9.69 Å². The molecule has 0 saturated carbocycles. The van der Waals surface area contributed by atoms with Gasteiger partial charge in [-0.05, 0) is 36.4 Å². The number of hydrogen-bond donors (Lipinski definition) is 1. The Balaban J connectivity index is 1.40. The van der Waals surface area contributed by atoms with Gasteiger partial charge in [0.2, 0.25) is 5.91 Å². The van der Waals surface area contributed by atoms with Crippen LogP contribution in [0.5, 0.6) is 5.75 Å². The van der Waals surface area contributed by atoms with E-state index in [0.717, 1.165) is 43.3 Å². The van der Waals surface area contributed by atoms with Crippen LogP contribution in [0.3, 0.4) is 0 Å². The van der Waals surface area contributed by atoms with Crippen LogP contribution in [0.25, 0.3) is 0 Å². The Morgan fingerprint density at radius 1 is 0.931 bits per heavy atom. The first-order chi connectivity index (χ1) is 14.2. The SMILES string of the molecule is O=C(CN1CCN(c2ccccc2O)CC1)N(Cc1ccco1)c1ccccc1. The van der Waals surface area contributed by atoms with Crippen molar-refractivity contribution in [1.29, 1.82) is 0 Å². The van der Waals surface area contributed by atoms with Gasteiger partial charge in [-0.15, -0.1) is 0 Å². The number of nitrogens with zero attached hydrogens (tertiary/aromatic N) is 3. The summed E-state index contributed by atoms with van der Waals surface area (Å²) in [5.74, 6) is 1.10.